The van der Waals surface area contributed by atoms with E-state index in [0.717, 1.165) is 71.8 Å². The number of esters is 2. The Bertz CT molecular complexity index is 4640. The summed E-state index contributed by atoms with van der Waals surface area (Å²) in [5.74, 6) is -1.16. The fourth-order valence-electron chi connectivity index (χ4n) is 11.5. The van der Waals surface area contributed by atoms with Crippen molar-refractivity contribution in [2.45, 2.75) is 130 Å². The zero-order valence-electron chi connectivity index (χ0n) is 69.7. The number of nitrogens with one attached hydrogen (secondary N) is 2. The van der Waals surface area contributed by atoms with Gasteiger partial charge in [0.2, 0.25) is 11.8 Å². The van der Waals surface area contributed by atoms with E-state index in [9.17, 15) is 43.5 Å². The van der Waals surface area contributed by atoms with Crippen LogP contribution in [0.15, 0.2) is 168 Å². The number of rotatable bonds is 37. The Balaban J connectivity index is 0.000000727. The second kappa shape index (κ2) is 54.7. The summed E-state index contributed by atoms with van der Waals surface area (Å²) in [6.45, 7) is 16.4. The van der Waals surface area contributed by atoms with Crippen molar-refractivity contribution in [3.05, 3.63) is 201 Å². The Kier molecular flexibility index (Phi) is 47.6. The number of azide groups is 2. The number of carbonyl (C=O) groups excluding carboxylic acids is 9. The number of pyridine rings is 2. The molecule has 3 N–H and O–H groups in total. The summed E-state index contributed by atoms with van der Waals surface area (Å²) in [6.07, 6.45) is 2.93. The zero-order chi connectivity index (χ0) is 84.3. The first kappa shape index (κ1) is 102. The normalized spacial score (nSPS) is 11.0. The van der Waals surface area contributed by atoms with Crippen LogP contribution < -0.4 is 133 Å². The molecule has 0 aliphatic carbocycles. The van der Waals surface area contributed by atoms with E-state index in [2.05, 4.69) is 45.5 Å². The molecule has 2 atom stereocenters. The number of aryl methyl sites for hydroxylation is 2. The fourth-order valence-corrected chi connectivity index (χ4v) is 11.5. The fraction of sp³-hybridized carbons (Fsp3) is 0.393. The molecule has 0 saturated carbocycles. The maximum absolute atomic E-state index is 13.2. The number of hydrogen-bond donors (Lipinski definition) is 3. The monoisotopic (exact) mass is 1660 g/mol. The van der Waals surface area contributed by atoms with Gasteiger partial charge in [0.1, 0.15) is 40.9 Å². The number of anilines is 2. The molecule has 0 spiro atoms. The van der Waals surface area contributed by atoms with Crippen LogP contribution in [0.2, 0.25) is 0 Å². The number of carbonyl (C=O) groups is 9. The maximum Gasteiger partial charge on any atom is 1.00 e. The third-order valence-corrected chi connectivity index (χ3v) is 16.9. The molecular formula is C84H102K2N12O19. The van der Waals surface area contributed by atoms with Crippen molar-refractivity contribution in [3.8, 4) is 33.8 Å². The van der Waals surface area contributed by atoms with E-state index in [0.29, 0.717) is 57.5 Å². The molecule has 0 bridgehead atoms. The van der Waals surface area contributed by atoms with Gasteiger partial charge in [0.15, 0.2) is 11.6 Å². The van der Waals surface area contributed by atoms with Gasteiger partial charge in [0.05, 0.1) is 66.6 Å². The smallest absolute Gasteiger partial charge is 1.00 e. The first-order chi connectivity index (χ1) is 55.0. The number of ether oxygens (including phenoxy) is 7. The number of nitrogens with zero attached hydrogens (tertiary/aromatic N) is 10. The minimum absolute atomic E-state index is 0. The summed E-state index contributed by atoms with van der Waals surface area (Å²) in [5.41, 5.74) is 21.5. The van der Waals surface area contributed by atoms with Crippen molar-refractivity contribution in [1.82, 2.24) is 20.6 Å². The number of Topliss-reactive ketones (excluding diaryl/α,β-unsaturated/α-hetero) is 2. The minimum atomic E-state index is -0.713. The number of methoxy groups -OCH3 is 2. The maximum atomic E-state index is 13.2. The molecule has 8 rings (SSSR count). The molecule has 2 aromatic heterocycles. The molecule has 6 aromatic carbocycles. The van der Waals surface area contributed by atoms with Gasteiger partial charge in [-0.2, -0.15) is 0 Å². The van der Waals surface area contributed by atoms with Crippen LogP contribution in [0.25, 0.3) is 64.7 Å². The Morgan fingerprint density at radius 3 is 1.37 bits per heavy atom. The molecule has 0 unspecified atom stereocenters. The van der Waals surface area contributed by atoms with Gasteiger partial charge in [-0.05, 0) is 171 Å². The summed E-state index contributed by atoms with van der Waals surface area (Å²) < 4.78 is 38.0. The van der Waals surface area contributed by atoms with Crippen LogP contribution in [-0.4, -0.2) is 167 Å². The van der Waals surface area contributed by atoms with Gasteiger partial charge in [-0.1, -0.05) is 119 Å². The van der Waals surface area contributed by atoms with Crippen molar-refractivity contribution in [2.75, 3.05) is 96.8 Å². The summed E-state index contributed by atoms with van der Waals surface area (Å²) in [7, 11) is 4.00. The molecule has 8 aromatic rings. The molecule has 2 heterocycles. The standard InChI is InChI=1S/C44H54N6O9.C38H43N3O7.CH3N3.CH2O3.2K.H/c1-31-18-19-46-40(27-31)50(43(54)59-44(2,3)4)21-8-11-41(52)47-30-35(51)28-34(29-42(53)55-5)32-12-14-33(15-13-32)36-16-17-39(38-10-7-6-9-37(36)38)58-26-25-57-24-23-56-22-20-48-49-45;1-25-18-19-39-34(21-25)41(37(46)48-38(2,3)4)20-8-11-35(44)40-24-29(42)22-28(23-36(45)47-5)26-12-14-27(15-13-26)30-16-17-33(43)32-10-7-6-9-31(30)32;1-3-4-2;2-1-4-3;;;/h6-7,9-10,12-19,27,34H,8,11,20-26,28-30H2,1-5H3,(H,47,52);6-7,9-10,12-19,21,28,43H,8,11,20,22-24H2,1-5H3,(H,40,44);1H3;1,3H;;;/q;;;;2*+1;-1/p-1/t34-;28-;;;;;/m00...../s1. The van der Waals surface area contributed by atoms with E-state index >= 15 is 0 Å². The topological polar surface area (TPSA) is 425 Å². The zero-order valence-corrected chi connectivity index (χ0v) is 75.0. The summed E-state index contributed by atoms with van der Waals surface area (Å²) in [6, 6.07) is 45.6. The third kappa shape index (κ3) is 37.5. The van der Waals surface area contributed by atoms with E-state index in [4.69, 9.17) is 54.3 Å². The van der Waals surface area contributed by atoms with Gasteiger partial charge in [-0.15, -0.1) is 0 Å². The van der Waals surface area contributed by atoms with E-state index in [1.54, 1.807) is 72.1 Å². The molecule has 4 amide bonds. The first-order valence-corrected chi connectivity index (χ1v) is 37.0. The SMILES string of the molecule is CN=[N+]=[N-].COC(=O)C[C@H](CC(=O)CNC(=O)CCCN(C(=O)OC(C)(C)C)c1cc(C)ccn1)c1ccc(-c2ccc(O)c3ccccc23)cc1.COC(=O)C[C@H](CC(=O)CNC(=O)CCCN(C(=O)OC(C)(C)C)c1cc(C)ccn1)c1ccc(-c2ccc(OCCOCCOCCN=[N+]=[N-])c3ccccc23)cc1.O=CO[O-].[H-].[K+].[K+]. The number of aromatic hydroxyl groups is 1. The van der Waals surface area contributed by atoms with Crippen molar-refractivity contribution in [3.63, 3.8) is 0 Å². The first-order valence-electron chi connectivity index (χ1n) is 37.0. The summed E-state index contributed by atoms with van der Waals surface area (Å²) >= 11 is 0. The van der Waals surface area contributed by atoms with Crippen molar-refractivity contribution < 1.29 is 196 Å². The summed E-state index contributed by atoms with van der Waals surface area (Å²) in [5, 5.41) is 34.0. The van der Waals surface area contributed by atoms with Gasteiger partial charge in [0.25, 0.3) is 6.47 Å². The Morgan fingerprint density at radius 1 is 0.564 bits per heavy atom. The van der Waals surface area contributed by atoms with E-state index in [1.165, 1.54) is 31.1 Å². The van der Waals surface area contributed by atoms with Gasteiger partial charge >= 0.3 is 127 Å². The van der Waals surface area contributed by atoms with Crippen molar-refractivity contribution >= 4 is 87.2 Å². The molecule has 0 aliphatic rings. The predicted octanol–water partition coefficient (Wildman–Crippen LogP) is 8.22. The van der Waals surface area contributed by atoms with Crippen molar-refractivity contribution in [1.29, 1.82) is 0 Å². The Hall–Kier alpha value is -9.26. The number of phenols is 1. The van der Waals surface area contributed by atoms with Gasteiger partial charge in [-0.3, -0.25) is 43.4 Å². The third-order valence-electron chi connectivity index (χ3n) is 16.9. The molecule has 117 heavy (non-hydrogen) atoms. The number of ketones is 2. The van der Waals surface area contributed by atoms with Gasteiger partial charge in [0, 0.05) is 97.2 Å². The largest absolute Gasteiger partial charge is 1.00 e. The molecule has 33 heteroatoms. The number of aromatic nitrogens is 2. The van der Waals surface area contributed by atoms with Crippen molar-refractivity contribution in [2.24, 2.45) is 10.2 Å². The molecule has 0 aliphatic heterocycles. The second-order valence-corrected chi connectivity index (χ2v) is 27.9. The number of fused-ring (bicyclic) bond motifs is 2. The van der Waals surface area contributed by atoms with Crippen LogP contribution in [0.4, 0.5) is 21.2 Å². The Labute approximate surface area is 767 Å². The Morgan fingerprint density at radius 2 is 0.966 bits per heavy atom. The minimum Gasteiger partial charge on any atom is -1.00 e. The quantitative estimate of drug-likeness (QED) is 0.00315. The van der Waals surface area contributed by atoms with Crippen LogP contribution in [0.1, 0.15) is 128 Å². The summed E-state index contributed by atoms with van der Waals surface area (Å²) in [4.78, 5) is 130. The average Bonchev–Trinajstić information content (AvgIpc) is 0.794. The van der Waals surface area contributed by atoms with Crippen LogP contribution in [0.3, 0.4) is 0 Å². The predicted molar refractivity (Wildman–Crippen MR) is 433 cm³/mol. The van der Waals surface area contributed by atoms with Crippen LogP contribution in [-0.2, 0) is 66.9 Å². The molecule has 0 radical (unpaired) electrons. The number of benzene rings is 6. The average molecular weight is 1660 g/mol. The molecule has 614 valence electrons. The van der Waals surface area contributed by atoms with E-state index < -0.39 is 47.2 Å². The van der Waals surface area contributed by atoms with E-state index in [-0.39, 0.29) is 211 Å². The molecule has 31 nitrogen and oxygen atoms in total. The molecule has 0 fully saturated rings. The van der Waals surface area contributed by atoms with E-state index in [1.807, 2.05) is 141 Å². The van der Waals surface area contributed by atoms with Crippen LogP contribution in [0.5, 0.6) is 11.5 Å². The molecule has 0 saturated heterocycles. The van der Waals surface area contributed by atoms with Gasteiger partial charge < -0.3 is 60.5 Å². The van der Waals surface area contributed by atoms with Gasteiger partial charge in [-0.25, -0.2) is 19.6 Å². The van der Waals surface area contributed by atoms with Crippen LogP contribution >= 0.6 is 0 Å². The second-order valence-electron chi connectivity index (χ2n) is 27.9. The number of phenolic OH excluding ortho intramolecular Hbond substituents is 1. The number of hydrogen-bond acceptors (Lipinski definition) is 23. The number of amides is 4. The molecular weight excluding hydrogens is 1560 g/mol. The van der Waals surface area contributed by atoms with Crippen LogP contribution in [0, 0.1) is 13.8 Å².